The largest absolute Gasteiger partial charge is 0.458 e. The van der Waals surface area contributed by atoms with Gasteiger partial charge in [-0.3, -0.25) is 0 Å². The van der Waals surface area contributed by atoms with E-state index in [2.05, 4.69) is 10.0 Å². The number of carbonyl (C=O) groups is 1. The van der Waals surface area contributed by atoms with Crippen molar-refractivity contribution in [3.05, 3.63) is 10.4 Å². The van der Waals surface area contributed by atoms with Gasteiger partial charge in [-0.05, 0) is 32.7 Å². The van der Waals surface area contributed by atoms with Gasteiger partial charge in [0.05, 0.1) is 6.61 Å². The van der Waals surface area contributed by atoms with Crippen molar-refractivity contribution in [1.82, 2.24) is 0 Å². The minimum absolute atomic E-state index is 0.0456. The molecule has 0 aromatic heterocycles. The van der Waals surface area contributed by atoms with Gasteiger partial charge in [0, 0.05) is 24.7 Å². The Balaban J connectivity index is 3.30. The Labute approximate surface area is 107 Å². The topological polar surface area (TPSA) is 93.5 Å². The third-order valence-electron chi connectivity index (χ3n) is 1.62. The fraction of sp³-hybridized carbons (Fsp3) is 0.909. The lowest BCUT2D eigenvalue weighted by molar-refractivity contribution is -0.160. The van der Waals surface area contributed by atoms with E-state index in [0.29, 0.717) is 32.8 Å². The summed E-state index contributed by atoms with van der Waals surface area (Å²) in [5, 5.41) is 3.33. The van der Waals surface area contributed by atoms with Gasteiger partial charge >= 0.3 is 5.97 Å². The first-order chi connectivity index (χ1) is 8.45. The van der Waals surface area contributed by atoms with Crippen LogP contribution in [-0.2, 0) is 19.0 Å². The standard InChI is InChI=1S/C11H21N3O4/c1-11(2,3)18-10(15)9-17-7-4-6-16-8-5-13-14-12/h4-9H2,1-3H3. The fourth-order valence-corrected chi connectivity index (χ4v) is 1.04. The highest BCUT2D eigenvalue weighted by molar-refractivity contribution is 5.71. The third kappa shape index (κ3) is 12.8. The van der Waals surface area contributed by atoms with Crippen LogP contribution in [0.4, 0.5) is 0 Å². The molecular formula is C11H21N3O4. The highest BCUT2D eigenvalue weighted by Gasteiger charge is 2.15. The second-order valence-corrected chi connectivity index (χ2v) is 4.56. The first-order valence-corrected chi connectivity index (χ1v) is 5.84. The summed E-state index contributed by atoms with van der Waals surface area (Å²) in [4.78, 5) is 13.8. The molecule has 0 saturated carbocycles. The van der Waals surface area contributed by atoms with Crippen LogP contribution in [0.25, 0.3) is 10.4 Å². The SMILES string of the molecule is CC(C)(C)OC(=O)COCCCOCCN=[N+]=[N-]. The predicted molar refractivity (Wildman–Crippen MR) is 66.1 cm³/mol. The molecule has 0 amide bonds. The van der Waals surface area contributed by atoms with Gasteiger partial charge < -0.3 is 14.2 Å². The number of azide groups is 1. The van der Waals surface area contributed by atoms with Crippen LogP contribution in [0.1, 0.15) is 27.2 Å². The number of nitrogens with zero attached hydrogens (tertiary/aromatic N) is 3. The zero-order valence-corrected chi connectivity index (χ0v) is 11.2. The minimum Gasteiger partial charge on any atom is -0.458 e. The monoisotopic (exact) mass is 259 g/mol. The van der Waals surface area contributed by atoms with Crippen LogP contribution in [0.2, 0.25) is 0 Å². The van der Waals surface area contributed by atoms with Gasteiger partial charge in [0.2, 0.25) is 0 Å². The van der Waals surface area contributed by atoms with E-state index in [9.17, 15) is 4.79 Å². The van der Waals surface area contributed by atoms with Crippen LogP contribution in [0.15, 0.2) is 5.11 Å². The second kappa shape index (κ2) is 9.70. The quantitative estimate of drug-likeness (QED) is 0.208. The predicted octanol–water partition coefficient (Wildman–Crippen LogP) is 2.06. The van der Waals surface area contributed by atoms with Crippen LogP contribution in [0, 0.1) is 0 Å². The van der Waals surface area contributed by atoms with E-state index in [1.54, 1.807) is 0 Å². The van der Waals surface area contributed by atoms with E-state index in [1.807, 2.05) is 20.8 Å². The highest BCUT2D eigenvalue weighted by Crippen LogP contribution is 2.06. The Morgan fingerprint density at radius 3 is 2.50 bits per heavy atom. The molecule has 0 aromatic rings. The van der Waals surface area contributed by atoms with Gasteiger partial charge in [-0.15, -0.1) is 0 Å². The number of carbonyl (C=O) groups excluding carboxylic acids is 1. The lowest BCUT2D eigenvalue weighted by Crippen LogP contribution is -2.26. The van der Waals surface area contributed by atoms with E-state index in [0.717, 1.165) is 0 Å². The van der Waals surface area contributed by atoms with Crippen molar-refractivity contribution in [1.29, 1.82) is 0 Å². The molecule has 0 aromatic carbocycles. The normalized spacial score (nSPS) is 10.8. The first kappa shape index (κ1) is 16.7. The Hall–Kier alpha value is -1.30. The van der Waals surface area contributed by atoms with Gasteiger partial charge in [-0.2, -0.15) is 0 Å². The minimum atomic E-state index is -0.481. The molecular weight excluding hydrogens is 238 g/mol. The smallest absolute Gasteiger partial charge is 0.332 e. The highest BCUT2D eigenvalue weighted by atomic mass is 16.6. The molecule has 0 spiro atoms. The molecule has 0 fully saturated rings. The molecule has 0 aliphatic heterocycles. The first-order valence-electron chi connectivity index (χ1n) is 5.84. The van der Waals surface area contributed by atoms with Crippen molar-refractivity contribution >= 4 is 5.97 Å². The Kier molecular flexibility index (Phi) is 9.00. The summed E-state index contributed by atoms with van der Waals surface area (Å²) in [6.07, 6.45) is 0.680. The molecule has 18 heavy (non-hydrogen) atoms. The molecule has 7 heteroatoms. The van der Waals surface area contributed by atoms with Gasteiger partial charge in [0.1, 0.15) is 12.2 Å². The lowest BCUT2D eigenvalue weighted by atomic mass is 10.2. The summed E-state index contributed by atoms with van der Waals surface area (Å²) in [5.41, 5.74) is 7.53. The molecule has 104 valence electrons. The van der Waals surface area contributed by atoms with E-state index >= 15 is 0 Å². The van der Waals surface area contributed by atoms with E-state index in [1.165, 1.54) is 0 Å². The molecule has 0 unspecified atom stereocenters. The average molecular weight is 259 g/mol. The number of ether oxygens (including phenoxy) is 3. The molecule has 0 aliphatic carbocycles. The van der Waals surface area contributed by atoms with Crippen molar-refractivity contribution in [3.8, 4) is 0 Å². The van der Waals surface area contributed by atoms with E-state index < -0.39 is 5.60 Å². The van der Waals surface area contributed by atoms with Crippen LogP contribution in [-0.4, -0.2) is 44.5 Å². The van der Waals surface area contributed by atoms with Gasteiger partial charge in [-0.25, -0.2) is 4.79 Å². The van der Waals surface area contributed by atoms with Crippen molar-refractivity contribution in [2.75, 3.05) is 33.0 Å². The summed E-state index contributed by atoms with van der Waals surface area (Å²) < 4.78 is 15.4. The van der Waals surface area contributed by atoms with Gasteiger partial charge in [-0.1, -0.05) is 5.11 Å². The van der Waals surface area contributed by atoms with Crippen LogP contribution in [0.5, 0.6) is 0 Å². The zero-order valence-electron chi connectivity index (χ0n) is 11.2. The summed E-state index contributed by atoms with van der Waals surface area (Å²) in [6, 6.07) is 0. The number of esters is 1. The molecule has 0 rings (SSSR count). The molecule has 0 heterocycles. The van der Waals surface area contributed by atoms with Crippen LogP contribution in [0.3, 0.4) is 0 Å². The van der Waals surface area contributed by atoms with E-state index in [-0.39, 0.29) is 12.6 Å². The number of rotatable bonds is 9. The van der Waals surface area contributed by atoms with Crippen molar-refractivity contribution in [2.45, 2.75) is 32.8 Å². The lowest BCUT2D eigenvalue weighted by Gasteiger charge is -2.19. The zero-order chi connectivity index (χ0) is 13.9. The molecule has 0 bridgehead atoms. The van der Waals surface area contributed by atoms with Gasteiger partial charge in [0.15, 0.2) is 0 Å². The maximum Gasteiger partial charge on any atom is 0.332 e. The summed E-state index contributed by atoms with van der Waals surface area (Å²) in [6.45, 7) is 7.05. The van der Waals surface area contributed by atoms with E-state index in [4.69, 9.17) is 19.7 Å². The summed E-state index contributed by atoms with van der Waals surface area (Å²) in [7, 11) is 0. The van der Waals surface area contributed by atoms with Crippen LogP contribution < -0.4 is 0 Å². The molecule has 0 aliphatic rings. The molecule has 0 saturated heterocycles. The molecule has 0 atom stereocenters. The van der Waals surface area contributed by atoms with Crippen molar-refractivity contribution < 1.29 is 19.0 Å². The number of hydrogen-bond acceptors (Lipinski definition) is 5. The Bertz CT molecular complexity index is 283. The Morgan fingerprint density at radius 1 is 1.22 bits per heavy atom. The van der Waals surface area contributed by atoms with Gasteiger partial charge in [0.25, 0.3) is 0 Å². The molecule has 0 radical (unpaired) electrons. The Morgan fingerprint density at radius 2 is 1.89 bits per heavy atom. The second-order valence-electron chi connectivity index (χ2n) is 4.56. The average Bonchev–Trinajstić information content (AvgIpc) is 2.24. The summed E-state index contributed by atoms with van der Waals surface area (Å²) in [5.74, 6) is -0.369. The fourth-order valence-electron chi connectivity index (χ4n) is 1.04. The number of hydrogen-bond donors (Lipinski definition) is 0. The summed E-state index contributed by atoms with van der Waals surface area (Å²) >= 11 is 0. The third-order valence-corrected chi connectivity index (χ3v) is 1.62. The van der Waals surface area contributed by atoms with Crippen LogP contribution >= 0.6 is 0 Å². The van der Waals surface area contributed by atoms with Crippen molar-refractivity contribution in [2.24, 2.45) is 5.11 Å². The van der Waals surface area contributed by atoms with Crippen molar-refractivity contribution in [3.63, 3.8) is 0 Å². The maximum atomic E-state index is 11.2. The molecule has 0 N–H and O–H groups in total. The molecule has 7 nitrogen and oxygen atoms in total. The maximum absolute atomic E-state index is 11.2.